The molecule has 112 valence electrons. The Balaban J connectivity index is 2.32. The van der Waals surface area contributed by atoms with Crippen LogP contribution in [0.3, 0.4) is 0 Å². The van der Waals surface area contributed by atoms with Crippen LogP contribution in [0.2, 0.25) is 0 Å². The summed E-state index contributed by atoms with van der Waals surface area (Å²) in [5.41, 5.74) is 8.53. The summed E-state index contributed by atoms with van der Waals surface area (Å²) in [6.45, 7) is 6.25. The Morgan fingerprint density at radius 3 is 2.67 bits per heavy atom. The zero-order chi connectivity index (χ0) is 15.6. The summed E-state index contributed by atoms with van der Waals surface area (Å²) in [5, 5.41) is 4.21. The van der Waals surface area contributed by atoms with Crippen molar-refractivity contribution >= 4 is 11.6 Å². The lowest BCUT2D eigenvalue weighted by Crippen LogP contribution is -2.37. The summed E-state index contributed by atoms with van der Waals surface area (Å²) in [6.07, 6.45) is 3.48. The first-order valence-corrected chi connectivity index (χ1v) is 6.90. The number of hydrogen-bond donors (Lipinski definition) is 1. The van der Waals surface area contributed by atoms with Gasteiger partial charge in [0.1, 0.15) is 5.69 Å². The molecule has 6 nitrogen and oxygen atoms in total. The molecular weight excluding hydrogens is 266 g/mol. The minimum absolute atomic E-state index is 0.0484. The topological polar surface area (TPSA) is 77.0 Å². The maximum Gasteiger partial charge on any atom is 0.274 e. The van der Waals surface area contributed by atoms with E-state index in [1.54, 1.807) is 35.9 Å². The van der Waals surface area contributed by atoms with Crippen molar-refractivity contribution in [2.75, 3.05) is 5.73 Å². The van der Waals surface area contributed by atoms with E-state index in [1.807, 2.05) is 26.0 Å². The molecule has 1 amide bonds. The molecule has 2 aromatic heterocycles. The highest BCUT2D eigenvalue weighted by atomic mass is 16.2. The Morgan fingerprint density at radius 2 is 2.19 bits per heavy atom. The van der Waals surface area contributed by atoms with Gasteiger partial charge in [-0.05, 0) is 32.4 Å². The van der Waals surface area contributed by atoms with E-state index in [4.69, 9.17) is 5.73 Å². The molecule has 21 heavy (non-hydrogen) atoms. The number of aromatic nitrogens is 3. The van der Waals surface area contributed by atoms with E-state index in [-0.39, 0.29) is 11.9 Å². The molecule has 0 saturated carbocycles. The lowest BCUT2D eigenvalue weighted by molar-refractivity contribution is 0.0680. The number of anilines is 1. The lowest BCUT2D eigenvalue weighted by atomic mass is 10.2. The molecule has 0 spiro atoms. The number of aryl methyl sites for hydroxylation is 2. The Hall–Kier alpha value is -2.37. The molecule has 0 atom stereocenters. The predicted molar refractivity (Wildman–Crippen MR) is 81.6 cm³/mol. The third-order valence-electron chi connectivity index (χ3n) is 3.43. The van der Waals surface area contributed by atoms with Crippen LogP contribution in [0.1, 0.15) is 35.6 Å². The molecule has 0 aromatic carbocycles. The number of nitrogens with two attached hydrogens (primary N) is 1. The first-order chi connectivity index (χ1) is 9.91. The summed E-state index contributed by atoms with van der Waals surface area (Å²) in [7, 11) is 1.74. The number of rotatable bonds is 4. The van der Waals surface area contributed by atoms with Crippen molar-refractivity contribution in [1.82, 2.24) is 19.7 Å². The molecule has 2 N–H and O–H groups in total. The van der Waals surface area contributed by atoms with E-state index in [0.717, 1.165) is 5.56 Å². The number of carbonyl (C=O) groups excluding carboxylic acids is 1. The highest BCUT2D eigenvalue weighted by Crippen LogP contribution is 2.20. The van der Waals surface area contributed by atoms with Gasteiger partial charge in [0.15, 0.2) is 0 Å². The summed E-state index contributed by atoms with van der Waals surface area (Å²) in [5.74, 6) is -0.116. The fourth-order valence-corrected chi connectivity index (χ4v) is 2.24. The summed E-state index contributed by atoms with van der Waals surface area (Å²) < 4.78 is 1.55. The highest BCUT2D eigenvalue weighted by Gasteiger charge is 2.25. The maximum atomic E-state index is 12.8. The maximum absolute atomic E-state index is 12.8. The summed E-state index contributed by atoms with van der Waals surface area (Å²) in [4.78, 5) is 18.7. The van der Waals surface area contributed by atoms with Crippen molar-refractivity contribution < 1.29 is 4.79 Å². The Labute approximate surface area is 124 Å². The second kappa shape index (κ2) is 5.95. The van der Waals surface area contributed by atoms with Crippen molar-refractivity contribution in [2.45, 2.75) is 33.4 Å². The minimum Gasteiger partial charge on any atom is -0.395 e. The van der Waals surface area contributed by atoms with E-state index >= 15 is 0 Å². The third kappa shape index (κ3) is 3.04. The molecule has 0 unspecified atom stereocenters. The van der Waals surface area contributed by atoms with Crippen molar-refractivity contribution in [1.29, 1.82) is 0 Å². The van der Waals surface area contributed by atoms with Gasteiger partial charge in [0.25, 0.3) is 5.91 Å². The molecule has 6 heteroatoms. The molecule has 0 radical (unpaired) electrons. The molecule has 2 aromatic rings. The van der Waals surface area contributed by atoms with Crippen LogP contribution in [0.5, 0.6) is 0 Å². The first-order valence-electron chi connectivity index (χ1n) is 6.90. The van der Waals surface area contributed by atoms with Crippen LogP contribution >= 0.6 is 0 Å². The molecule has 0 aliphatic rings. The van der Waals surface area contributed by atoms with Crippen molar-refractivity contribution in [3.8, 4) is 0 Å². The fourth-order valence-electron chi connectivity index (χ4n) is 2.24. The zero-order valence-electron chi connectivity index (χ0n) is 12.9. The van der Waals surface area contributed by atoms with E-state index in [1.165, 1.54) is 0 Å². The average molecular weight is 287 g/mol. The quantitative estimate of drug-likeness (QED) is 0.929. The van der Waals surface area contributed by atoms with Gasteiger partial charge >= 0.3 is 0 Å². The number of nitrogen functional groups attached to an aromatic ring is 1. The number of carbonyl (C=O) groups is 1. The molecule has 2 rings (SSSR count). The van der Waals surface area contributed by atoms with Crippen LogP contribution in [0.25, 0.3) is 0 Å². The van der Waals surface area contributed by atoms with Crippen LogP contribution in [-0.2, 0) is 13.6 Å². The van der Waals surface area contributed by atoms with E-state index in [0.29, 0.717) is 23.6 Å². The molecule has 0 aliphatic heterocycles. The molecule has 0 saturated heterocycles. The van der Waals surface area contributed by atoms with Crippen LogP contribution in [0.4, 0.5) is 5.69 Å². The van der Waals surface area contributed by atoms with Crippen molar-refractivity contribution in [3.05, 3.63) is 41.5 Å². The number of amides is 1. The second-order valence-electron chi connectivity index (χ2n) is 5.36. The lowest BCUT2D eigenvalue weighted by Gasteiger charge is -2.27. The largest absolute Gasteiger partial charge is 0.395 e. The van der Waals surface area contributed by atoms with Crippen LogP contribution < -0.4 is 5.73 Å². The van der Waals surface area contributed by atoms with Gasteiger partial charge < -0.3 is 10.6 Å². The number of hydrogen-bond acceptors (Lipinski definition) is 4. The summed E-state index contributed by atoms with van der Waals surface area (Å²) >= 11 is 0. The minimum atomic E-state index is -0.116. The smallest absolute Gasteiger partial charge is 0.274 e. The SMILES string of the molecule is Cc1nn(C)c(C(=O)N(Cc2cccnc2)C(C)C)c1N. The van der Waals surface area contributed by atoms with Gasteiger partial charge in [0.2, 0.25) is 0 Å². The van der Waals surface area contributed by atoms with Crippen molar-refractivity contribution in [3.63, 3.8) is 0 Å². The van der Waals surface area contributed by atoms with Crippen molar-refractivity contribution in [2.24, 2.45) is 7.05 Å². The van der Waals surface area contributed by atoms with Gasteiger partial charge in [-0.25, -0.2) is 0 Å². The molecule has 2 heterocycles. The zero-order valence-corrected chi connectivity index (χ0v) is 12.9. The number of nitrogens with zero attached hydrogens (tertiary/aromatic N) is 4. The van der Waals surface area contributed by atoms with E-state index in [9.17, 15) is 4.79 Å². The molecule has 0 aliphatic carbocycles. The van der Waals surface area contributed by atoms with Crippen LogP contribution in [-0.4, -0.2) is 31.6 Å². The fraction of sp³-hybridized carbons (Fsp3) is 0.400. The molecule has 0 bridgehead atoms. The highest BCUT2D eigenvalue weighted by molar-refractivity contribution is 5.98. The van der Waals surface area contributed by atoms with Gasteiger partial charge in [0.05, 0.1) is 11.4 Å². The van der Waals surface area contributed by atoms with Gasteiger partial charge in [-0.2, -0.15) is 5.10 Å². The standard InChI is InChI=1S/C15H21N5O/c1-10(2)20(9-12-6-5-7-17-8-12)15(21)14-13(16)11(3)18-19(14)4/h5-8,10H,9,16H2,1-4H3. The van der Waals surface area contributed by atoms with Gasteiger partial charge in [-0.3, -0.25) is 14.5 Å². The molecule has 0 fully saturated rings. The normalized spacial score (nSPS) is 10.9. The van der Waals surface area contributed by atoms with Gasteiger partial charge in [-0.1, -0.05) is 6.07 Å². The number of pyridine rings is 1. The Bertz CT molecular complexity index is 633. The van der Waals surface area contributed by atoms with Crippen LogP contribution in [0, 0.1) is 6.92 Å². The second-order valence-corrected chi connectivity index (χ2v) is 5.36. The van der Waals surface area contributed by atoms with Gasteiger partial charge in [0, 0.05) is 32.0 Å². The third-order valence-corrected chi connectivity index (χ3v) is 3.43. The van der Waals surface area contributed by atoms with E-state index in [2.05, 4.69) is 10.1 Å². The Morgan fingerprint density at radius 1 is 1.48 bits per heavy atom. The van der Waals surface area contributed by atoms with E-state index < -0.39 is 0 Å². The van der Waals surface area contributed by atoms with Crippen LogP contribution in [0.15, 0.2) is 24.5 Å². The van der Waals surface area contributed by atoms with Gasteiger partial charge in [-0.15, -0.1) is 0 Å². The summed E-state index contributed by atoms with van der Waals surface area (Å²) in [6, 6.07) is 3.86. The molecular formula is C15H21N5O. The predicted octanol–water partition coefficient (Wildman–Crippen LogP) is 1.76. The average Bonchev–Trinajstić information content (AvgIpc) is 2.70. The Kier molecular flexibility index (Phi) is 4.26. The monoisotopic (exact) mass is 287 g/mol. The first kappa shape index (κ1) is 15.0.